The van der Waals surface area contributed by atoms with Crippen LogP contribution in [-0.2, 0) is 6.42 Å². The van der Waals surface area contributed by atoms with Crippen LogP contribution < -0.4 is 10.5 Å². The minimum atomic E-state index is -0.0339. The van der Waals surface area contributed by atoms with Crippen molar-refractivity contribution in [1.82, 2.24) is 0 Å². The van der Waals surface area contributed by atoms with E-state index in [4.69, 9.17) is 10.5 Å². The van der Waals surface area contributed by atoms with Crippen molar-refractivity contribution >= 4 is 0 Å². The summed E-state index contributed by atoms with van der Waals surface area (Å²) in [5.74, 6) is 1.09. The lowest BCUT2D eigenvalue weighted by atomic mass is 9.94. The first-order valence-corrected chi connectivity index (χ1v) is 5.62. The third-order valence-corrected chi connectivity index (χ3v) is 3.12. The molecule has 1 aliphatic rings. The number of aryl methyl sites for hydroxylation is 1. The van der Waals surface area contributed by atoms with Gasteiger partial charge in [0.15, 0.2) is 0 Å². The van der Waals surface area contributed by atoms with Crippen LogP contribution in [0.4, 0.5) is 0 Å². The molecule has 0 amide bonds. The van der Waals surface area contributed by atoms with E-state index in [0.29, 0.717) is 0 Å². The van der Waals surface area contributed by atoms with Crippen LogP contribution in [0.15, 0.2) is 18.2 Å². The van der Waals surface area contributed by atoms with E-state index in [1.165, 1.54) is 11.1 Å². The minimum absolute atomic E-state index is 0.0339. The fraction of sp³-hybridized carbons (Fsp3) is 0.538. The quantitative estimate of drug-likeness (QED) is 0.822. The molecule has 2 nitrogen and oxygen atoms in total. The van der Waals surface area contributed by atoms with Crippen molar-refractivity contribution < 1.29 is 4.74 Å². The Balaban J connectivity index is 2.17. The van der Waals surface area contributed by atoms with Gasteiger partial charge in [-0.15, -0.1) is 0 Å². The molecule has 2 rings (SSSR count). The van der Waals surface area contributed by atoms with Crippen molar-refractivity contribution in [2.45, 2.75) is 38.7 Å². The number of hydrogen-bond acceptors (Lipinski definition) is 2. The molecule has 1 unspecified atom stereocenters. The highest BCUT2D eigenvalue weighted by Crippen LogP contribution is 2.39. The Bertz CT molecular complexity index is 362. The summed E-state index contributed by atoms with van der Waals surface area (Å²) in [7, 11) is 0. The van der Waals surface area contributed by atoms with Crippen LogP contribution in [-0.4, -0.2) is 12.1 Å². The minimum Gasteiger partial charge on any atom is -0.487 e. The lowest BCUT2D eigenvalue weighted by Gasteiger charge is -2.23. The van der Waals surface area contributed by atoms with Gasteiger partial charge in [0.1, 0.15) is 11.4 Å². The molecule has 0 fully saturated rings. The second-order valence-corrected chi connectivity index (χ2v) is 4.68. The van der Waals surface area contributed by atoms with Gasteiger partial charge in [-0.25, -0.2) is 0 Å². The van der Waals surface area contributed by atoms with E-state index < -0.39 is 0 Å². The number of nitrogens with two attached hydrogens (primary N) is 1. The van der Waals surface area contributed by atoms with E-state index >= 15 is 0 Å². The molecule has 0 aromatic heterocycles. The Morgan fingerprint density at radius 1 is 1.47 bits per heavy atom. The maximum absolute atomic E-state index is 6.07. The van der Waals surface area contributed by atoms with Gasteiger partial charge in [-0.05, 0) is 44.4 Å². The largest absolute Gasteiger partial charge is 0.487 e. The van der Waals surface area contributed by atoms with Crippen LogP contribution in [0.1, 0.15) is 30.9 Å². The summed E-state index contributed by atoms with van der Waals surface area (Å²) >= 11 is 0. The normalized spacial score (nSPS) is 23.7. The molecule has 2 N–H and O–H groups in total. The highest BCUT2D eigenvalue weighted by Gasteiger charge is 2.34. The highest BCUT2D eigenvalue weighted by atomic mass is 16.5. The molecule has 0 aliphatic carbocycles. The predicted octanol–water partition coefficient (Wildman–Crippen LogP) is 2.43. The molecule has 82 valence electrons. The zero-order valence-corrected chi connectivity index (χ0v) is 9.55. The molecule has 0 spiro atoms. The smallest absolute Gasteiger partial charge is 0.126 e. The van der Waals surface area contributed by atoms with E-state index in [9.17, 15) is 0 Å². The maximum Gasteiger partial charge on any atom is 0.126 e. The maximum atomic E-state index is 6.07. The number of rotatable bonds is 3. The lowest BCUT2D eigenvalue weighted by molar-refractivity contribution is 0.103. The molecule has 15 heavy (non-hydrogen) atoms. The van der Waals surface area contributed by atoms with E-state index in [-0.39, 0.29) is 5.60 Å². The Morgan fingerprint density at radius 3 is 2.93 bits per heavy atom. The first-order valence-electron chi connectivity index (χ1n) is 5.62. The number of benzene rings is 1. The number of para-hydroxylation sites is 1. The summed E-state index contributed by atoms with van der Waals surface area (Å²) in [4.78, 5) is 0. The molecule has 0 saturated heterocycles. The fourth-order valence-corrected chi connectivity index (χ4v) is 2.30. The van der Waals surface area contributed by atoms with Gasteiger partial charge < -0.3 is 10.5 Å². The Kier molecular flexibility index (Phi) is 2.70. The average molecular weight is 205 g/mol. The molecule has 2 heteroatoms. The van der Waals surface area contributed by atoms with Gasteiger partial charge in [-0.1, -0.05) is 18.2 Å². The van der Waals surface area contributed by atoms with Crippen molar-refractivity contribution in [3.05, 3.63) is 29.3 Å². The van der Waals surface area contributed by atoms with Crippen molar-refractivity contribution in [2.24, 2.45) is 5.73 Å². The zero-order valence-electron chi connectivity index (χ0n) is 9.55. The van der Waals surface area contributed by atoms with Gasteiger partial charge in [-0.2, -0.15) is 0 Å². The molecule has 0 radical (unpaired) electrons. The molecular formula is C13H19NO. The SMILES string of the molecule is Cc1cccc2c1OC(C)(CCCN)C2. The summed E-state index contributed by atoms with van der Waals surface area (Å²) in [6.45, 7) is 5.03. The summed E-state index contributed by atoms with van der Waals surface area (Å²) < 4.78 is 6.07. The van der Waals surface area contributed by atoms with Crippen LogP contribution in [0.25, 0.3) is 0 Å². The molecule has 1 aromatic carbocycles. The summed E-state index contributed by atoms with van der Waals surface area (Å²) in [6.07, 6.45) is 3.09. The zero-order chi connectivity index (χ0) is 10.9. The topological polar surface area (TPSA) is 35.2 Å². The molecule has 1 atom stereocenters. The highest BCUT2D eigenvalue weighted by molar-refractivity contribution is 5.45. The summed E-state index contributed by atoms with van der Waals surface area (Å²) in [6, 6.07) is 6.37. The average Bonchev–Trinajstić information content (AvgIpc) is 2.54. The van der Waals surface area contributed by atoms with E-state index in [1.54, 1.807) is 0 Å². The molecule has 0 saturated carbocycles. The van der Waals surface area contributed by atoms with Crippen LogP contribution in [0.2, 0.25) is 0 Å². The number of fused-ring (bicyclic) bond motifs is 1. The number of hydrogen-bond donors (Lipinski definition) is 1. The third-order valence-electron chi connectivity index (χ3n) is 3.12. The molecular weight excluding hydrogens is 186 g/mol. The fourth-order valence-electron chi connectivity index (χ4n) is 2.30. The van der Waals surface area contributed by atoms with Gasteiger partial charge >= 0.3 is 0 Å². The van der Waals surface area contributed by atoms with Crippen LogP contribution in [0.5, 0.6) is 5.75 Å². The second-order valence-electron chi connectivity index (χ2n) is 4.68. The van der Waals surface area contributed by atoms with Crippen molar-refractivity contribution in [2.75, 3.05) is 6.54 Å². The van der Waals surface area contributed by atoms with Gasteiger partial charge in [0, 0.05) is 6.42 Å². The van der Waals surface area contributed by atoms with Gasteiger partial charge in [0.05, 0.1) is 0 Å². The predicted molar refractivity (Wildman–Crippen MR) is 62.2 cm³/mol. The molecule has 1 aliphatic heterocycles. The standard InChI is InChI=1S/C13H19NO/c1-10-5-3-6-11-9-13(2,7-4-8-14)15-12(10)11/h3,5-6H,4,7-9,14H2,1-2H3. The van der Waals surface area contributed by atoms with Crippen LogP contribution in [0, 0.1) is 6.92 Å². The van der Waals surface area contributed by atoms with Gasteiger partial charge in [0.2, 0.25) is 0 Å². The van der Waals surface area contributed by atoms with Gasteiger partial charge in [0.25, 0.3) is 0 Å². The molecule has 1 aromatic rings. The Hall–Kier alpha value is -1.02. The molecule has 0 bridgehead atoms. The first kappa shape index (κ1) is 10.5. The number of ether oxygens (including phenoxy) is 1. The Morgan fingerprint density at radius 2 is 2.27 bits per heavy atom. The van der Waals surface area contributed by atoms with E-state index in [2.05, 4.69) is 32.0 Å². The monoisotopic (exact) mass is 205 g/mol. The third kappa shape index (κ3) is 2.00. The second kappa shape index (κ2) is 3.86. The van der Waals surface area contributed by atoms with Crippen LogP contribution >= 0.6 is 0 Å². The van der Waals surface area contributed by atoms with Crippen LogP contribution in [0.3, 0.4) is 0 Å². The lowest BCUT2D eigenvalue weighted by Crippen LogP contribution is -2.30. The van der Waals surface area contributed by atoms with E-state index in [0.717, 1.165) is 31.6 Å². The van der Waals surface area contributed by atoms with Crippen molar-refractivity contribution in [3.63, 3.8) is 0 Å². The Labute approximate surface area is 91.4 Å². The van der Waals surface area contributed by atoms with Gasteiger partial charge in [-0.3, -0.25) is 0 Å². The summed E-state index contributed by atoms with van der Waals surface area (Å²) in [5.41, 5.74) is 8.09. The molecule has 1 heterocycles. The van der Waals surface area contributed by atoms with E-state index in [1.807, 2.05) is 0 Å². The first-order chi connectivity index (χ1) is 7.14. The summed E-state index contributed by atoms with van der Waals surface area (Å²) in [5, 5.41) is 0. The van der Waals surface area contributed by atoms with Crippen molar-refractivity contribution in [1.29, 1.82) is 0 Å². The van der Waals surface area contributed by atoms with Crippen molar-refractivity contribution in [3.8, 4) is 5.75 Å².